The molecule has 0 aromatic rings. The van der Waals surface area contributed by atoms with Crippen molar-refractivity contribution >= 4 is 5.91 Å². The molecule has 1 aliphatic heterocycles. The summed E-state index contributed by atoms with van der Waals surface area (Å²) in [6, 6.07) is 0. The Morgan fingerprint density at radius 1 is 0.486 bits per heavy atom. The Bertz CT molecular complexity index is 294. The lowest BCUT2D eigenvalue weighted by atomic mass is 9.97. The second-order valence-corrected chi connectivity index (χ2v) is 7.10. The molecule has 1 amide bonds. The highest BCUT2D eigenvalue weighted by molar-refractivity contribution is 5.73. The van der Waals surface area contributed by atoms with E-state index in [0.717, 1.165) is 19.5 Å². The summed E-state index contributed by atoms with van der Waals surface area (Å²) in [4.78, 5) is 12.6. The summed E-state index contributed by atoms with van der Waals surface area (Å²) in [7, 11) is 0. The van der Waals surface area contributed by atoms with Crippen molar-refractivity contribution in [1.82, 2.24) is 4.90 Å². The van der Waals surface area contributed by atoms with Crippen molar-refractivity contribution in [2.24, 2.45) is 0 Å². The average Bonchev–Trinajstić information content (AvgIpc) is 2.97. The summed E-state index contributed by atoms with van der Waals surface area (Å²) < 4.78 is 24.4. The van der Waals surface area contributed by atoms with E-state index in [1.807, 2.05) is 88.0 Å². The van der Waals surface area contributed by atoms with Crippen molar-refractivity contribution in [2.45, 2.75) is 186 Å². The van der Waals surface area contributed by atoms with Crippen molar-refractivity contribution in [1.29, 1.82) is 0 Å². The molecule has 220 valence electrons. The zero-order valence-corrected chi connectivity index (χ0v) is 26.9. The predicted molar refractivity (Wildman–Crippen MR) is 160 cm³/mol. The fourth-order valence-electron chi connectivity index (χ4n) is 3.34. The molecule has 0 N–H and O–H groups in total. The number of hydrogen-bond acceptors (Lipinski definition) is 1. The van der Waals surface area contributed by atoms with Gasteiger partial charge in [0.2, 0.25) is 11.8 Å². The van der Waals surface area contributed by atoms with Gasteiger partial charge >= 0.3 is 0 Å². The van der Waals surface area contributed by atoms with Crippen LogP contribution in [0, 0.1) is 0 Å². The van der Waals surface area contributed by atoms with Crippen LogP contribution < -0.4 is 0 Å². The van der Waals surface area contributed by atoms with E-state index in [1.165, 1.54) is 57.8 Å². The first kappa shape index (κ1) is 47.5. The molecule has 1 heterocycles. The number of carbonyl (C=O) groups is 1. The second-order valence-electron chi connectivity index (χ2n) is 7.10. The number of halogens is 2. The van der Waals surface area contributed by atoms with Gasteiger partial charge in [0.1, 0.15) is 0 Å². The highest BCUT2D eigenvalue weighted by Gasteiger charge is 2.30. The van der Waals surface area contributed by atoms with E-state index in [4.69, 9.17) is 0 Å². The molecule has 3 rings (SSSR count). The minimum absolute atomic E-state index is 0.118. The van der Waals surface area contributed by atoms with Crippen LogP contribution in [0.5, 0.6) is 0 Å². The first-order chi connectivity index (χ1) is 17.0. The third-order valence-electron chi connectivity index (χ3n) is 4.89. The molecule has 0 bridgehead atoms. The van der Waals surface area contributed by atoms with Gasteiger partial charge in [0.25, 0.3) is 0 Å². The van der Waals surface area contributed by atoms with Gasteiger partial charge in [-0.05, 0) is 32.1 Å². The summed E-state index contributed by atoms with van der Waals surface area (Å²) >= 11 is 0. The Morgan fingerprint density at radius 3 is 0.886 bits per heavy atom. The number of alkyl halides is 2. The molecule has 0 atom stereocenters. The number of amides is 1. The van der Waals surface area contributed by atoms with Crippen LogP contribution in [-0.2, 0) is 4.79 Å². The van der Waals surface area contributed by atoms with Crippen molar-refractivity contribution in [3.63, 3.8) is 0 Å². The topological polar surface area (TPSA) is 20.3 Å². The third kappa shape index (κ3) is 43.8. The van der Waals surface area contributed by atoms with Crippen LogP contribution in [0.25, 0.3) is 0 Å². The SMILES string of the molecule is C1CCCCC1.CC.CC.CC.CC.CC.CC.CC(=O)N1CCCCC1.FC1(F)CCCCC1. The van der Waals surface area contributed by atoms with Gasteiger partial charge in [-0.3, -0.25) is 4.79 Å². The van der Waals surface area contributed by atoms with Gasteiger partial charge in [0.05, 0.1) is 0 Å². The molecule has 3 fully saturated rings. The summed E-state index contributed by atoms with van der Waals surface area (Å²) in [6.07, 6.45) is 15.3. The monoisotopic (exact) mass is 512 g/mol. The van der Waals surface area contributed by atoms with Gasteiger partial charge in [-0.1, -0.05) is 128 Å². The minimum atomic E-state index is -2.32. The lowest BCUT2D eigenvalue weighted by Gasteiger charge is -2.24. The highest BCUT2D eigenvalue weighted by atomic mass is 19.3. The fourth-order valence-corrected chi connectivity index (χ4v) is 3.34. The summed E-state index contributed by atoms with van der Waals surface area (Å²) in [5.41, 5.74) is 0. The Hall–Kier alpha value is -0.670. The smallest absolute Gasteiger partial charge is 0.248 e. The number of likely N-dealkylation sites (tertiary alicyclic amines) is 1. The molecule has 2 nitrogen and oxygen atoms in total. The Labute approximate surface area is 223 Å². The maximum absolute atomic E-state index is 12.2. The largest absolute Gasteiger partial charge is 0.343 e. The van der Waals surface area contributed by atoms with Crippen molar-refractivity contribution in [2.75, 3.05) is 13.1 Å². The molecular weight excluding hydrogens is 440 g/mol. The molecule has 2 aliphatic carbocycles. The molecule has 0 spiro atoms. The Balaban J connectivity index is -0.0000000748. The summed E-state index contributed by atoms with van der Waals surface area (Å²) in [5, 5.41) is 0. The van der Waals surface area contributed by atoms with E-state index in [-0.39, 0.29) is 18.7 Å². The number of hydrogen-bond donors (Lipinski definition) is 0. The molecule has 4 heteroatoms. The molecule has 1 saturated heterocycles. The number of carbonyl (C=O) groups excluding carboxylic acids is 1. The fraction of sp³-hybridized carbons (Fsp3) is 0.968. The standard InChI is InChI=1S/C7H13NO.C6H10F2.C6H12.6C2H6/c1-7(9)8-5-3-2-4-6-8;7-6(8)4-2-1-3-5-6;1-2-4-6-5-3-1;6*1-2/h2-6H2,1H3;1-5H2;1-6H2;6*1-2H3. The van der Waals surface area contributed by atoms with Gasteiger partial charge in [0.15, 0.2) is 0 Å². The summed E-state index contributed by atoms with van der Waals surface area (Å²) in [5.74, 6) is -2.09. The van der Waals surface area contributed by atoms with Gasteiger partial charge in [0, 0.05) is 32.9 Å². The van der Waals surface area contributed by atoms with Crippen molar-refractivity contribution < 1.29 is 13.6 Å². The average molecular weight is 512 g/mol. The molecule has 0 radical (unpaired) electrons. The predicted octanol–water partition coefficient (Wildman–Crippen LogP) is 12.1. The van der Waals surface area contributed by atoms with E-state index < -0.39 is 5.92 Å². The van der Waals surface area contributed by atoms with Crippen LogP contribution in [0.4, 0.5) is 8.78 Å². The normalized spacial score (nSPS) is 16.6. The minimum Gasteiger partial charge on any atom is -0.343 e. The van der Waals surface area contributed by atoms with Crippen molar-refractivity contribution in [3.8, 4) is 0 Å². The van der Waals surface area contributed by atoms with Crippen molar-refractivity contribution in [3.05, 3.63) is 0 Å². The summed E-state index contributed by atoms with van der Waals surface area (Å²) in [6.45, 7) is 27.6. The molecule has 35 heavy (non-hydrogen) atoms. The second kappa shape index (κ2) is 46.6. The lowest BCUT2D eigenvalue weighted by Crippen LogP contribution is -2.33. The maximum Gasteiger partial charge on any atom is 0.248 e. The molecule has 0 aromatic heterocycles. The van der Waals surface area contributed by atoms with Crippen LogP contribution in [0.1, 0.15) is 180 Å². The lowest BCUT2D eigenvalue weighted by molar-refractivity contribution is -0.129. The van der Waals surface area contributed by atoms with Gasteiger partial charge in [-0.25, -0.2) is 8.78 Å². The quantitative estimate of drug-likeness (QED) is 0.316. The zero-order valence-electron chi connectivity index (χ0n) is 26.9. The number of rotatable bonds is 0. The first-order valence-corrected chi connectivity index (χ1v) is 15.6. The number of piperidine rings is 1. The van der Waals surface area contributed by atoms with Gasteiger partial charge in [-0.2, -0.15) is 0 Å². The maximum atomic E-state index is 12.2. The Kier molecular flexibility index (Phi) is 63.3. The van der Waals surface area contributed by atoms with Crippen LogP contribution in [-0.4, -0.2) is 29.8 Å². The van der Waals surface area contributed by atoms with E-state index in [9.17, 15) is 13.6 Å². The molecule has 3 aliphatic rings. The highest BCUT2D eigenvalue weighted by Crippen LogP contribution is 2.32. The molecular formula is C31H71F2NO. The number of nitrogens with zero attached hydrogens (tertiary/aromatic N) is 1. The first-order valence-electron chi connectivity index (χ1n) is 15.6. The van der Waals surface area contributed by atoms with Crippen LogP contribution in [0.15, 0.2) is 0 Å². The van der Waals surface area contributed by atoms with E-state index >= 15 is 0 Å². The third-order valence-corrected chi connectivity index (χ3v) is 4.89. The van der Waals surface area contributed by atoms with Gasteiger partial charge in [-0.15, -0.1) is 0 Å². The molecule has 0 unspecified atom stereocenters. The van der Waals surface area contributed by atoms with Crippen LogP contribution in [0.3, 0.4) is 0 Å². The Morgan fingerprint density at radius 2 is 0.714 bits per heavy atom. The van der Waals surface area contributed by atoms with E-state index in [2.05, 4.69) is 0 Å². The molecule has 0 aromatic carbocycles. The zero-order chi connectivity index (χ0) is 29.0. The van der Waals surface area contributed by atoms with Crippen LogP contribution >= 0.6 is 0 Å². The van der Waals surface area contributed by atoms with Crippen LogP contribution in [0.2, 0.25) is 0 Å². The van der Waals surface area contributed by atoms with E-state index in [0.29, 0.717) is 12.8 Å². The molecule has 2 saturated carbocycles. The van der Waals surface area contributed by atoms with Gasteiger partial charge < -0.3 is 4.90 Å². The van der Waals surface area contributed by atoms with E-state index in [1.54, 1.807) is 6.92 Å².